The zero-order valence-corrected chi connectivity index (χ0v) is 29.6. The molecule has 3 aromatic heterocycles. The maximum absolute atomic E-state index is 15.3. The number of pyridine rings is 1. The minimum absolute atomic E-state index is 0.0317. The number of allylic oxidation sites excluding steroid dienone is 1. The van der Waals surface area contributed by atoms with Gasteiger partial charge in [-0.1, -0.05) is 29.7 Å². The highest BCUT2D eigenvalue weighted by molar-refractivity contribution is 6.37. The number of benzene rings is 2. The van der Waals surface area contributed by atoms with Gasteiger partial charge in [0.25, 0.3) is 5.92 Å². The highest BCUT2D eigenvalue weighted by atomic mass is 35.5. The summed E-state index contributed by atoms with van der Waals surface area (Å²) in [6.45, 7) is 5.18. The maximum Gasteiger partial charge on any atom is 0.435 e. The molecule has 9 nitrogen and oxygen atoms in total. The number of carbonyl (C=O) groups is 1. The molecule has 54 heavy (non-hydrogen) atoms. The first-order valence-corrected chi connectivity index (χ1v) is 16.6. The Hall–Kier alpha value is -5.40. The van der Waals surface area contributed by atoms with Crippen molar-refractivity contribution in [1.29, 1.82) is 0 Å². The van der Waals surface area contributed by atoms with E-state index in [-0.39, 0.29) is 34.2 Å². The number of amides is 1. The molecule has 1 aliphatic rings. The molecule has 0 spiro atoms. The van der Waals surface area contributed by atoms with Crippen LogP contribution < -0.4 is 11.1 Å². The summed E-state index contributed by atoms with van der Waals surface area (Å²) >= 11 is 6.48. The van der Waals surface area contributed by atoms with Gasteiger partial charge in [0.1, 0.15) is 35.2 Å². The molecule has 3 heterocycles. The van der Waals surface area contributed by atoms with Crippen molar-refractivity contribution in [3.8, 4) is 23.0 Å². The molecule has 2 unspecified atom stereocenters. The van der Waals surface area contributed by atoms with Crippen LogP contribution in [0.25, 0.3) is 22.0 Å². The summed E-state index contributed by atoms with van der Waals surface area (Å²) in [5.74, 6) is -2.65. The topological polar surface area (TPSA) is 124 Å². The number of hydrogen-bond donors (Lipinski definition) is 3. The number of nitrogen functional groups attached to an aromatic ring is 1. The van der Waals surface area contributed by atoms with Crippen molar-refractivity contribution in [1.82, 2.24) is 29.9 Å². The lowest BCUT2D eigenvalue weighted by atomic mass is 9.93. The fourth-order valence-electron chi connectivity index (χ4n) is 6.65. The standard InChI is InChI=1S/C37H31ClF7N7O2/c1-5-19-16-36(41,42)33-28(19)32(37(43,44)45)49-52(33)17-27(53)48-26(14-18-12-20(39)15-21(40)13-18)30-23(7-6-22(47-30)10-11-35(2,3)54)24-8-9-25(38)29-31(24)51(4)50-34(29)46/h5-9,12-13,15,19,26,54H,1,14,16-17H2,2-4H3,(H2,46,50)(H,48,53). The fourth-order valence-corrected chi connectivity index (χ4v) is 6.90. The second-order valence-electron chi connectivity index (χ2n) is 13.4. The number of anilines is 1. The number of halogens is 8. The molecule has 5 aromatic rings. The summed E-state index contributed by atoms with van der Waals surface area (Å²) in [7, 11) is 1.61. The number of nitrogens with zero attached hydrogens (tertiary/aromatic N) is 5. The molecule has 0 saturated heterocycles. The van der Waals surface area contributed by atoms with Gasteiger partial charge in [-0.05, 0) is 62.1 Å². The quantitative estimate of drug-likeness (QED) is 0.0861. The molecule has 4 N–H and O–H groups in total. The van der Waals surface area contributed by atoms with E-state index >= 15 is 8.78 Å². The van der Waals surface area contributed by atoms with E-state index < -0.39 is 77.1 Å². The SMILES string of the molecule is C=CC1CC(F)(F)c2c1c(C(F)(F)F)nn2CC(=O)NC(Cc1cc(F)cc(F)c1)c1nc(C#CC(C)(C)O)ccc1-c1ccc(Cl)c2c(N)nn(C)c12. The molecule has 1 aliphatic carbocycles. The average molecular weight is 774 g/mol. The van der Waals surface area contributed by atoms with E-state index in [9.17, 15) is 31.9 Å². The van der Waals surface area contributed by atoms with Crippen LogP contribution in [0.3, 0.4) is 0 Å². The largest absolute Gasteiger partial charge is 0.435 e. The third-order valence-corrected chi connectivity index (χ3v) is 9.05. The van der Waals surface area contributed by atoms with Crippen LogP contribution in [0, 0.1) is 23.5 Å². The van der Waals surface area contributed by atoms with Crippen molar-refractivity contribution in [3.05, 3.63) is 106 Å². The molecule has 17 heteroatoms. The van der Waals surface area contributed by atoms with Crippen molar-refractivity contribution in [3.63, 3.8) is 0 Å². The third-order valence-electron chi connectivity index (χ3n) is 8.73. The number of fused-ring (bicyclic) bond motifs is 2. The molecule has 2 atom stereocenters. The second kappa shape index (κ2) is 13.8. The molecule has 0 fully saturated rings. The average Bonchev–Trinajstić information content (AvgIpc) is 3.68. The molecule has 0 bridgehead atoms. The Labute approximate surface area is 308 Å². The van der Waals surface area contributed by atoms with Gasteiger partial charge in [-0.2, -0.15) is 32.1 Å². The van der Waals surface area contributed by atoms with Crippen molar-refractivity contribution in [2.45, 2.75) is 62.9 Å². The molecular weight excluding hydrogens is 743 g/mol. The zero-order chi connectivity index (χ0) is 39.5. The molecule has 1 amide bonds. The third kappa shape index (κ3) is 7.51. The van der Waals surface area contributed by atoms with E-state index in [0.717, 1.165) is 18.2 Å². The Morgan fingerprint density at radius 2 is 1.81 bits per heavy atom. The van der Waals surface area contributed by atoms with Crippen LogP contribution in [-0.2, 0) is 36.9 Å². The first-order valence-electron chi connectivity index (χ1n) is 16.3. The summed E-state index contributed by atoms with van der Waals surface area (Å²) in [5, 5.41) is 21.2. The van der Waals surface area contributed by atoms with Gasteiger partial charge < -0.3 is 16.2 Å². The lowest BCUT2D eigenvalue weighted by Gasteiger charge is -2.23. The maximum atomic E-state index is 15.3. The van der Waals surface area contributed by atoms with E-state index in [1.807, 2.05) is 0 Å². The Morgan fingerprint density at radius 3 is 2.44 bits per heavy atom. The Balaban J connectivity index is 1.52. The van der Waals surface area contributed by atoms with E-state index in [2.05, 4.69) is 38.9 Å². The van der Waals surface area contributed by atoms with Crippen molar-refractivity contribution in [2.75, 3.05) is 5.73 Å². The Kier molecular flexibility index (Phi) is 9.78. The predicted molar refractivity (Wildman–Crippen MR) is 186 cm³/mol. The second-order valence-corrected chi connectivity index (χ2v) is 13.8. The number of aromatic nitrogens is 5. The van der Waals surface area contributed by atoms with Gasteiger partial charge >= 0.3 is 6.18 Å². The number of hydrogen-bond acceptors (Lipinski definition) is 6. The van der Waals surface area contributed by atoms with Crippen LogP contribution in [0.2, 0.25) is 5.02 Å². The van der Waals surface area contributed by atoms with Gasteiger partial charge in [-0.15, -0.1) is 6.58 Å². The van der Waals surface area contributed by atoms with E-state index in [1.54, 1.807) is 25.2 Å². The normalized spacial score (nSPS) is 15.8. The first-order chi connectivity index (χ1) is 25.2. The van der Waals surface area contributed by atoms with Crippen LogP contribution in [0.15, 0.2) is 55.1 Å². The van der Waals surface area contributed by atoms with Gasteiger partial charge in [0, 0.05) is 42.1 Å². The predicted octanol–water partition coefficient (Wildman–Crippen LogP) is 7.35. The van der Waals surface area contributed by atoms with Crippen LogP contribution in [0.4, 0.5) is 36.6 Å². The molecule has 282 valence electrons. The monoisotopic (exact) mass is 773 g/mol. The summed E-state index contributed by atoms with van der Waals surface area (Å²) in [6.07, 6.45) is -5.51. The van der Waals surface area contributed by atoms with Gasteiger partial charge in [0.2, 0.25) is 5.91 Å². The molecule has 0 radical (unpaired) electrons. The van der Waals surface area contributed by atoms with Crippen LogP contribution in [-0.4, -0.2) is 41.2 Å². The van der Waals surface area contributed by atoms with Gasteiger partial charge in [-0.25, -0.2) is 13.8 Å². The number of rotatable bonds is 8. The van der Waals surface area contributed by atoms with Crippen molar-refractivity contribution < 1.29 is 40.6 Å². The molecule has 6 rings (SSSR count). The van der Waals surface area contributed by atoms with Crippen molar-refractivity contribution >= 4 is 34.2 Å². The van der Waals surface area contributed by atoms with Crippen LogP contribution >= 0.6 is 11.6 Å². The Bertz CT molecular complexity index is 2370. The van der Waals surface area contributed by atoms with Gasteiger partial charge in [0.05, 0.1) is 27.7 Å². The van der Waals surface area contributed by atoms with Crippen LogP contribution in [0.5, 0.6) is 0 Å². The first kappa shape index (κ1) is 38.3. The van der Waals surface area contributed by atoms with E-state index in [4.69, 9.17) is 17.3 Å². The highest BCUT2D eigenvalue weighted by Gasteiger charge is 2.53. The highest BCUT2D eigenvalue weighted by Crippen LogP contribution is 2.52. The molecular formula is C37H31ClF7N7O2. The minimum atomic E-state index is -5.12. The molecule has 0 saturated carbocycles. The number of carbonyl (C=O) groups excluding carboxylic acids is 1. The summed E-state index contributed by atoms with van der Waals surface area (Å²) in [6, 6.07) is 7.59. The number of nitrogens with one attached hydrogen (secondary N) is 1. The smallest absolute Gasteiger partial charge is 0.382 e. The lowest BCUT2D eigenvalue weighted by molar-refractivity contribution is -0.142. The zero-order valence-electron chi connectivity index (χ0n) is 28.8. The van der Waals surface area contributed by atoms with Gasteiger partial charge in [0.15, 0.2) is 11.5 Å². The Morgan fingerprint density at radius 1 is 1.15 bits per heavy atom. The minimum Gasteiger partial charge on any atom is -0.382 e. The lowest BCUT2D eigenvalue weighted by Crippen LogP contribution is -2.35. The number of aliphatic hydroxyl groups is 1. The number of nitrogens with two attached hydrogens (primary N) is 1. The van der Waals surface area contributed by atoms with Gasteiger partial charge in [-0.3, -0.25) is 14.2 Å². The summed E-state index contributed by atoms with van der Waals surface area (Å²) < 4.78 is 103. The van der Waals surface area contributed by atoms with E-state index in [0.29, 0.717) is 32.8 Å². The fraction of sp³-hybridized carbons (Fsp3) is 0.297. The summed E-state index contributed by atoms with van der Waals surface area (Å²) in [4.78, 5) is 18.5. The molecule has 0 aliphatic heterocycles. The number of aryl methyl sites for hydroxylation is 1. The van der Waals surface area contributed by atoms with E-state index in [1.165, 1.54) is 24.6 Å². The van der Waals surface area contributed by atoms with Crippen molar-refractivity contribution in [2.24, 2.45) is 7.05 Å². The number of alkyl halides is 5. The van der Waals surface area contributed by atoms with Crippen LogP contribution in [0.1, 0.15) is 66.1 Å². The summed E-state index contributed by atoms with van der Waals surface area (Å²) in [5.41, 5.74) is 2.65. The molecule has 2 aromatic carbocycles.